The number of halogens is 1. The van der Waals surface area contributed by atoms with Gasteiger partial charge in [0.1, 0.15) is 5.75 Å². The number of benzene rings is 1. The van der Waals surface area contributed by atoms with Gasteiger partial charge in [-0.2, -0.15) is 0 Å². The highest BCUT2D eigenvalue weighted by Gasteiger charge is 2.13. The quantitative estimate of drug-likeness (QED) is 0.826. The van der Waals surface area contributed by atoms with E-state index in [0.29, 0.717) is 21.7 Å². The third kappa shape index (κ3) is 1.53. The number of hydrogen-bond acceptors (Lipinski definition) is 2. The van der Waals surface area contributed by atoms with Gasteiger partial charge in [0, 0.05) is 17.1 Å². The van der Waals surface area contributed by atoms with Crippen molar-refractivity contribution in [3.05, 3.63) is 28.9 Å². The van der Waals surface area contributed by atoms with Gasteiger partial charge in [0.05, 0.1) is 17.7 Å². The lowest BCUT2D eigenvalue weighted by atomic mass is 10.1. The Balaban J connectivity index is 2.74. The van der Waals surface area contributed by atoms with Crippen LogP contribution in [0.5, 0.6) is 5.75 Å². The lowest BCUT2D eigenvalue weighted by Gasteiger charge is -2.02. The predicted molar refractivity (Wildman–Crippen MR) is 56.8 cm³/mol. The van der Waals surface area contributed by atoms with Crippen molar-refractivity contribution in [1.82, 2.24) is 4.98 Å². The van der Waals surface area contributed by atoms with Crippen molar-refractivity contribution in [2.45, 2.75) is 0 Å². The number of carbonyl (C=O) groups is 1. The molecule has 4 nitrogen and oxygen atoms in total. The van der Waals surface area contributed by atoms with E-state index in [9.17, 15) is 4.79 Å². The summed E-state index contributed by atoms with van der Waals surface area (Å²) in [7, 11) is 1.49. The molecule has 78 valence electrons. The van der Waals surface area contributed by atoms with Crippen molar-refractivity contribution in [2.75, 3.05) is 7.11 Å². The third-order valence-electron chi connectivity index (χ3n) is 2.18. The number of carboxylic acids is 1. The highest BCUT2D eigenvalue weighted by Crippen LogP contribution is 2.31. The van der Waals surface area contributed by atoms with Crippen molar-refractivity contribution < 1.29 is 14.6 Å². The number of fused-ring (bicyclic) bond motifs is 1. The van der Waals surface area contributed by atoms with Gasteiger partial charge < -0.3 is 14.8 Å². The summed E-state index contributed by atoms with van der Waals surface area (Å²) in [6, 6.07) is 3.25. The maximum absolute atomic E-state index is 10.9. The Hall–Kier alpha value is -1.68. The van der Waals surface area contributed by atoms with Gasteiger partial charge in [0.15, 0.2) is 0 Å². The van der Waals surface area contributed by atoms with Crippen LogP contribution < -0.4 is 4.74 Å². The monoisotopic (exact) mass is 225 g/mol. The van der Waals surface area contributed by atoms with Gasteiger partial charge in [-0.15, -0.1) is 0 Å². The number of aromatic nitrogens is 1. The fourth-order valence-electron chi connectivity index (χ4n) is 1.46. The van der Waals surface area contributed by atoms with Crippen molar-refractivity contribution >= 4 is 28.5 Å². The van der Waals surface area contributed by atoms with Crippen LogP contribution in [0.1, 0.15) is 10.4 Å². The molecule has 1 aromatic carbocycles. The van der Waals surface area contributed by atoms with Crippen LogP contribution in [0.15, 0.2) is 18.3 Å². The van der Waals surface area contributed by atoms with E-state index in [1.54, 1.807) is 12.1 Å². The zero-order valence-electron chi connectivity index (χ0n) is 7.87. The van der Waals surface area contributed by atoms with Gasteiger partial charge in [-0.3, -0.25) is 0 Å². The lowest BCUT2D eigenvalue weighted by Crippen LogP contribution is -1.94. The van der Waals surface area contributed by atoms with Crippen LogP contribution >= 0.6 is 11.6 Å². The van der Waals surface area contributed by atoms with Crippen LogP contribution in [0, 0.1) is 0 Å². The molecule has 1 aromatic heterocycles. The molecule has 15 heavy (non-hydrogen) atoms. The molecular weight excluding hydrogens is 218 g/mol. The second-order valence-electron chi connectivity index (χ2n) is 3.04. The van der Waals surface area contributed by atoms with E-state index in [-0.39, 0.29) is 5.56 Å². The van der Waals surface area contributed by atoms with Crippen molar-refractivity contribution in [3.8, 4) is 5.75 Å². The number of carboxylic acid groups (broad SMARTS) is 1. The normalized spacial score (nSPS) is 10.5. The molecule has 0 unspecified atom stereocenters. The summed E-state index contributed by atoms with van der Waals surface area (Å²) in [5, 5.41) is 9.95. The Morgan fingerprint density at radius 1 is 1.53 bits per heavy atom. The van der Waals surface area contributed by atoms with E-state index in [1.165, 1.54) is 13.3 Å². The topological polar surface area (TPSA) is 62.3 Å². The first kappa shape index (κ1) is 9.86. The minimum absolute atomic E-state index is 0.208. The lowest BCUT2D eigenvalue weighted by molar-refractivity contribution is 0.0699. The first-order valence-corrected chi connectivity index (χ1v) is 4.59. The molecule has 0 radical (unpaired) electrons. The molecule has 0 fully saturated rings. The molecule has 0 aliphatic rings. The van der Waals surface area contributed by atoms with E-state index in [1.807, 2.05) is 0 Å². The average Bonchev–Trinajstić information content (AvgIpc) is 2.59. The first-order valence-electron chi connectivity index (χ1n) is 4.21. The average molecular weight is 226 g/mol. The molecule has 0 atom stereocenters. The van der Waals surface area contributed by atoms with Crippen molar-refractivity contribution in [3.63, 3.8) is 0 Å². The van der Waals surface area contributed by atoms with E-state index < -0.39 is 5.97 Å². The fourth-order valence-corrected chi connectivity index (χ4v) is 1.70. The van der Waals surface area contributed by atoms with Gasteiger partial charge in [-0.1, -0.05) is 11.6 Å². The van der Waals surface area contributed by atoms with Gasteiger partial charge in [-0.25, -0.2) is 4.79 Å². The Kier molecular flexibility index (Phi) is 2.28. The van der Waals surface area contributed by atoms with Crippen molar-refractivity contribution in [1.29, 1.82) is 0 Å². The van der Waals surface area contributed by atoms with E-state index in [0.717, 1.165) is 0 Å². The molecule has 2 rings (SSSR count). The first-order chi connectivity index (χ1) is 7.13. The summed E-state index contributed by atoms with van der Waals surface area (Å²) >= 11 is 5.90. The molecule has 0 saturated heterocycles. The van der Waals surface area contributed by atoms with Gasteiger partial charge >= 0.3 is 5.97 Å². The smallest absolute Gasteiger partial charge is 0.337 e. The number of ether oxygens (including phenoxy) is 1. The fraction of sp³-hybridized carbons (Fsp3) is 0.100. The zero-order chi connectivity index (χ0) is 11.0. The molecule has 5 heteroatoms. The molecule has 2 aromatic rings. The molecule has 1 heterocycles. The molecule has 2 N–H and O–H groups in total. The highest BCUT2D eigenvalue weighted by molar-refractivity contribution is 6.33. The Morgan fingerprint density at radius 2 is 2.27 bits per heavy atom. The number of H-pyrrole nitrogens is 1. The third-order valence-corrected chi connectivity index (χ3v) is 2.48. The zero-order valence-corrected chi connectivity index (χ0v) is 8.63. The maximum atomic E-state index is 10.9. The molecule has 0 bridgehead atoms. The highest BCUT2D eigenvalue weighted by atomic mass is 35.5. The Morgan fingerprint density at radius 3 is 2.87 bits per heavy atom. The summed E-state index contributed by atoms with van der Waals surface area (Å²) in [6.45, 7) is 0. The summed E-state index contributed by atoms with van der Waals surface area (Å²) in [5.74, 6) is -0.517. The SMILES string of the molecule is COc1cc2c(C(=O)O)c[nH]c2cc1Cl. The number of aromatic carboxylic acids is 1. The van der Waals surface area contributed by atoms with Gasteiger partial charge in [-0.05, 0) is 12.1 Å². The number of hydrogen-bond donors (Lipinski definition) is 2. The summed E-state index contributed by atoms with van der Waals surface area (Å²) in [4.78, 5) is 13.7. The van der Waals surface area contributed by atoms with Crippen LogP contribution in [0.2, 0.25) is 5.02 Å². The predicted octanol–water partition coefficient (Wildman–Crippen LogP) is 2.53. The molecule has 0 aliphatic heterocycles. The van der Waals surface area contributed by atoms with E-state index >= 15 is 0 Å². The molecule has 0 aliphatic carbocycles. The second-order valence-corrected chi connectivity index (χ2v) is 3.45. The van der Waals surface area contributed by atoms with E-state index in [4.69, 9.17) is 21.4 Å². The van der Waals surface area contributed by atoms with Gasteiger partial charge in [0.2, 0.25) is 0 Å². The molecule has 0 amide bonds. The second kappa shape index (κ2) is 3.47. The number of nitrogens with one attached hydrogen (secondary N) is 1. The van der Waals surface area contributed by atoms with Crippen LogP contribution in [-0.4, -0.2) is 23.2 Å². The van der Waals surface area contributed by atoms with Gasteiger partial charge in [0.25, 0.3) is 0 Å². The standard InChI is InChI=1S/C10H8ClNO3/c1-15-9-2-5-6(10(13)14)4-12-8(5)3-7(9)11/h2-4,12H,1H3,(H,13,14). The van der Waals surface area contributed by atoms with Crippen LogP contribution in [0.25, 0.3) is 10.9 Å². The Labute approximate surface area is 90.4 Å². The minimum Gasteiger partial charge on any atom is -0.495 e. The number of aromatic amines is 1. The summed E-state index contributed by atoms with van der Waals surface area (Å²) in [6.07, 6.45) is 1.43. The summed E-state index contributed by atoms with van der Waals surface area (Å²) < 4.78 is 5.02. The van der Waals surface area contributed by atoms with Crippen LogP contribution in [-0.2, 0) is 0 Å². The number of rotatable bonds is 2. The number of methoxy groups -OCH3 is 1. The molecular formula is C10H8ClNO3. The van der Waals surface area contributed by atoms with E-state index in [2.05, 4.69) is 4.98 Å². The molecule has 0 spiro atoms. The van der Waals surface area contributed by atoms with Crippen LogP contribution in [0.4, 0.5) is 0 Å². The van der Waals surface area contributed by atoms with Crippen molar-refractivity contribution in [2.24, 2.45) is 0 Å². The summed E-state index contributed by atoms with van der Waals surface area (Å²) in [5.41, 5.74) is 0.887. The minimum atomic E-state index is -0.981. The largest absolute Gasteiger partial charge is 0.495 e. The maximum Gasteiger partial charge on any atom is 0.337 e. The Bertz CT molecular complexity index is 533. The van der Waals surface area contributed by atoms with Crippen LogP contribution in [0.3, 0.4) is 0 Å². The molecule has 0 saturated carbocycles.